The van der Waals surface area contributed by atoms with Crippen molar-refractivity contribution in [2.24, 2.45) is 0 Å². The number of carbonyl (C=O) groups is 3. The van der Waals surface area contributed by atoms with Gasteiger partial charge in [0.25, 0.3) is 5.91 Å². The summed E-state index contributed by atoms with van der Waals surface area (Å²) < 4.78 is 0. The van der Waals surface area contributed by atoms with Crippen LogP contribution in [0.1, 0.15) is 45.2 Å². The number of nitrogens with one attached hydrogen (secondary N) is 1. The predicted molar refractivity (Wildman–Crippen MR) is 95.2 cm³/mol. The summed E-state index contributed by atoms with van der Waals surface area (Å²) in [4.78, 5) is 38.1. The van der Waals surface area contributed by atoms with Crippen LogP contribution in [0, 0.1) is 0 Å². The molecule has 0 radical (unpaired) electrons. The third-order valence-electron chi connectivity index (χ3n) is 4.80. The maximum Gasteiger partial charge on any atom is 0.255 e. The topological polar surface area (TPSA) is 66.5 Å². The van der Waals surface area contributed by atoms with E-state index >= 15 is 0 Å². The summed E-state index contributed by atoms with van der Waals surface area (Å²) in [6, 6.07) is 10.6. The van der Waals surface area contributed by atoms with Crippen molar-refractivity contribution in [1.29, 1.82) is 0 Å². The molecule has 0 aromatic heterocycles. The molecule has 5 heteroatoms. The second kappa shape index (κ2) is 5.84. The van der Waals surface area contributed by atoms with Gasteiger partial charge in [-0.25, -0.2) is 0 Å². The summed E-state index contributed by atoms with van der Waals surface area (Å²) >= 11 is 0. The number of carbonyl (C=O) groups excluding carboxylic acids is 3. The second-order valence-corrected chi connectivity index (χ2v) is 6.56. The molecule has 0 spiro atoms. The summed E-state index contributed by atoms with van der Waals surface area (Å²) in [5, 5.41) is 2.85. The molecule has 4 rings (SSSR count). The van der Waals surface area contributed by atoms with Gasteiger partial charge in [-0.05, 0) is 55.2 Å². The van der Waals surface area contributed by atoms with Gasteiger partial charge in [0.15, 0.2) is 5.78 Å². The van der Waals surface area contributed by atoms with Gasteiger partial charge in [-0.2, -0.15) is 0 Å². The first kappa shape index (κ1) is 15.6. The van der Waals surface area contributed by atoms with E-state index in [2.05, 4.69) is 5.32 Å². The summed E-state index contributed by atoms with van der Waals surface area (Å²) in [6.07, 6.45) is 2.17. The molecule has 0 saturated heterocycles. The van der Waals surface area contributed by atoms with Crippen molar-refractivity contribution in [3.8, 4) is 0 Å². The molecule has 0 saturated carbocycles. The molecule has 25 heavy (non-hydrogen) atoms. The molecule has 0 aliphatic carbocycles. The van der Waals surface area contributed by atoms with Crippen LogP contribution in [0.2, 0.25) is 0 Å². The Balaban J connectivity index is 1.64. The van der Waals surface area contributed by atoms with Crippen LogP contribution in [0.15, 0.2) is 36.4 Å². The largest absolute Gasteiger partial charge is 0.322 e. The van der Waals surface area contributed by atoms with Crippen LogP contribution >= 0.6 is 0 Å². The maximum atomic E-state index is 12.6. The van der Waals surface area contributed by atoms with E-state index < -0.39 is 0 Å². The molecule has 2 amide bonds. The number of anilines is 2. The van der Waals surface area contributed by atoms with Gasteiger partial charge in [-0.3, -0.25) is 14.4 Å². The highest BCUT2D eigenvalue weighted by atomic mass is 16.2. The lowest BCUT2D eigenvalue weighted by Gasteiger charge is -2.25. The molecule has 2 aromatic carbocycles. The highest BCUT2D eigenvalue weighted by Crippen LogP contribution is 2.37. The number of benzene rings is 2. The number of Topliss-reactive ketones (excluding diaryl/α,β-unsaturated/α-hetero) is 1. The molecular weight excluding hydrogens is 316 g/mol. The molecule has 2 aliphatic heterocycles. The minimum Gasteiger partial charge on any atom is -0.322 e. The Hall–Kier alpha value is -2.95. The van der Waals surface area contributed by atoms with Crippen molar-refractivity contribution in [3.05, 3.63) is 58.7 Å². The first-order valence-electron chi connectivity index (χ1n) is 8.41. The van der Waals surface area contributed by atoms with Gasteiger partial charge < -0.3 is 10.2 Å². The number of aryl methyl sites for hydroxylation is 1. The molecule has 1 N–H and O–H groups in total. The Morgan fingerprint density at radius 2 is 1.88 bits per heavy atom. The Bertz CT molecular complexity index is 917. The number of hydrogen-bond donors (Lipinski definition) is 1. The van der Waals surface area contributed by atoms with Gasteiger partial charge in [0.1, 0.15) is 0 Å². The van der Waals surface area contributed by atoms with E-state index in [0.717, 1.165) is 36.2 Å². The summed E-state index contributed by atoms with van der Waals surface area (Å²) in [6.45, 7) is 2.26. The fraction of sp³-hybridized carbons (Fsp3) is 0.250. The van der Waals surface area contributed by atoms with Crippen LogP contribution in [0.3, 0.4) is 0 Å². The number of rotatable bonds is 3. The number of ketones is 1. The van der Waals surface area contributed by atoms with Gasteiger partial charge in [-0.1, -0.05) is 12.1 Å². The van der Waals surface area contributed by atoms with E-state index in [1.54, 1.807) is 24.3 Å². The molecule has 126 valence electrons. The molecule has 0 unspecified atom stereocenters. The summed E-state index contributed by atoms with van der Waals surface area (Å²) in [5.74, 6) is -0.157. The van der Waals surface area contributed by atoms with E-state index in [4.69, 9.17) is 0 Å². The Kier molecular flexibility index (Phi) is 3.64. The van der Waals surface area contributed by atoms with Crippen LogP contribution < -0.4 is 10.2 Å². The SMILES string of the molecule is CC(=O)c1cccc(NC(=O)c2cc3c4c(c2)CC(=O)N4CCC3)c1. The minimum atomic E-state index is -0.226. The average Bonchev–Trinajstić information content (AvgIpc) is 2.92. The molecule has 2 aliphatic rings. The average molecular weight is 334 g/mol. The van der Waals surface area contributed by atoms with Crippen LogP contribution in [-0.2, 0) is 17.6 Å². The first-order chi connectivity index (χ1) is 12.0. The highest BCUT2D eigenvalue weighted by molar-refractivity contribution is 6.08. The zero-order valence-corrected chi connectivity index (χ0v) is 14.0. The number of nitrogens with zero attached hydrogens (tertiary/aromatic N) is 1. The lowest BCUT2D eigenvalue weighted by molar-refractivity contribution is -0.117. The normalized spacial score (nSPS) is 15.1. The van der Waals surface area contributed by atoms with Gasteiger partial charge in [0.2, 0.25) is 5.91 Å². The van der Waals surface area contributed by atoms with Gasteiger partial charge >= 0.3 is 0 Å². The molecule has 0 fully saturated rings. The third kappa shape index (κ3) is 2.71. The molecule has 2 aromatic rings. The predicted octanol–water partition coefficient (Wildman–Crippen LogP) is 2.98. The van der Waals surface area contributed by atoms with Crippen molar-refractivity contribution in [3.63, 3.8) is 0 Å². The Labute approximate surface area is 145 Å². The zero-order valence-electron chi connectivity index (χ0n) is 14.0. The monoisotopic (exact) mass is 334 g/mol. The third-order valence-corrected chi connectivity index (χ3v) is 4.80. The minimum absolute atomic E-state index is 0.0448. The van der Waals surface area contributed by atoms with Crippen LogP contribution in [-0.4, -0.2) is 24.1 Å². The number of amides is 2. The van der Waals surface area contributed by atoms with Gasteiger partial charge in [0, 0.05) is 23.4 Å². The van der Waals surface area contributed by atoms with Gasteiger partial charge in [-0.15, -0.1) is 0 Å². The molecule has 0 bridgehead atoms. The van der Waals surface area contributed by atoms with Crippen molar-refractivity contribution < 1.29 is 14.4 Å². The molecular formula is C20H18N2O3. The van der Waals surface area contributed by atoms with Crippen molar-refractivity contribution in [2.45, 2.75) is 26.2 Å². The quantitative estimate of drug-likeness (QED) is 0.878. The lowest BCUT2D eigenvalue weighted by atomic mass is 9.96. The standard InChI is InChI=1S/C20H18N2O3/c1-12(23)13-4-2-6-17(10-13)21-20(25)16-8-14-5-3-7-22-18(24)11-15(9-16)19(14)22/h2,4,6,8-10H,3,5,7,11H2,1H3,(H,21,25). The highest BCUT2D eigenvalue weighted by Gasteiger charge is 2.32. The summed E-state index contributed by atoms with van der Waals surface area (Å²) in [7, 11) is 0. The fourth-order valence-corrected chi connectivity index (χ4v) is 3.63. The van der Waals surface area contributed by atoms with Crippen molar-refractivity contribution in [1.82, 2.24) is 0 Å². The molecule has 5 nitrogen and oxygen atoms in total. The Morgan fingerprint density at radius 1 is 1.08 bits per heavy atom. The number of hydrogen-bond acceptors (Lipinski definition) is 3. The van der Waals surface area contributed by atoms with Crippen LogP contribution in [0.25, 0.3) is 0 Å². The molecule has 2 heterocycles. The van der Waals surface area contributed by atoms with E-state index in [-0.39, 0.29) is 17.6 Å². The van der Waals surface area contributed by atoms with Crippen LogP contribution in [0.4, 0.5) is 11.4 Å². The smallest absolute Gasteiger partial charge is 0.255 e. The lowest BCUT2D eigenvalue weighted by Crippen LogP contribution is -2.31. The summed E-state index contributed by atoms with van der Waals surface area (Å²) in [5.41, 5.74) is 4.71. The second-order valence-electron chi connectivity index (χ2n) is 6.56. The van der Waals surface area contributed by atoms with Crippen LogP contribution in [0.5, 0.6) is 0 Å². The van der Waals surface area contributed by atoms with Gasteiger partial charge in [0.05, 0.1) is 12.1 Å². The Morgan fingerprint density at radius 3 is 2.68 bits per heavy atom. The maximum absolute atomic E-state index is 12.6. The van der Waals surface area contributed by atoms with E-state index in [9.17, 15) is 14.4 Å². The molecule has 0 atom stereocenters. The van der Waals surface area contributed by atoms with E-state index in [1.165, 1.54) is 6.92 Å². The van der Waals surface area contributed by atoms with E-state index in [1.807, 2.05) is 17.0 Å². The zero-order chi connectivity index (χ0) is 17.6. The van der Waals surface area contributed by atoms with E-state index in [0.29, 0.717) is 23.2 Å². The fourth-order valence-electron chi connectivity index (χ4n) is 3.63. The first-order valence-corrected chi connectivity index (χ1v) is 8.41. The van der Waals surface area contributed by atoms with Crippen molar-refractivity contribution >= 4 is 29.0 Å². The van der Waals surface area contributed by atoms with Crippen molar-refractivity contribution in [2.75, 3.05) is 16.8 Å².